The number of aliphatic hydroxyl groups is 2. The summed E-state index contributed by atoms with van der Waals surface area (Å²) in [6, 6.07) is 4.11. The average molecular weight is 613 g/mol. The van der Waals surface area contributed by atoms with E-state index in [1.807, 2.05) is 12.1 Å². The molecule has 0 bridgehead atoms. The molecule has 1 saturated heterocycles. The molecule has 10 nitrogen and oxygen atoms in total. The molecule has 1 aromatic rings. The highest BCUT2D eigenvalue weighted by atomic mass is 16.7. The van der Waals surface area contributed by atoms with Crippen LogP contribution in [0.1, 0.15) is 102 Å². The van der Waals surface area contributed by atoms with E-state index in [0.29, 0.717) is 24.4 Å². The second-order valence-corrected chi connectivity index (χ2v) is 14.1. The first-order valence-corrected chi connectivity index (χ1v) is 16.4. The maximum Gasteiger partial charge on any atom is 0.339 e. The molecule has 2 aliphatic carbocycles. The van der Waals surface area contributed by atoms with Crippen molar-refractivity contribution in [1.29, 1.82) is 0 Å². The van der Waals surface area contributed by atoms with Gasteiger partial charge in [0.15, 0.2) is 23.2 Å². The maximum absolute atomic E-state index is 14.2. The predicted octanol–water partition coefficient (Wildman–Crippen LogP) is 3.86. The monoisotopic (exact) mass is 612 g/mol. The number of nitrogens with one attached hydrogen (secondary N) is 1. The van der Waals surface area contributed by atoms with Gasteiger partial charge in [0.25, 0.3) is 0 Å². The Morgan fingerprint density at radius 2 is 1.82 bits per heavy atom. The quantitative estimate of drug-likeness (QED) is 0.338. The Labute approximate surface area is 260 Å². The van der Waals surface area contributed by atoms with E-state index >= 15 is 0 Å². The van der Waals surface area contributed by atoms with E-state index in [1.54, 1.807) is 21.0 Å². The molecule has 3 heterocycles. The molecule has 0 aromatic heterocycles. The van der Waals surface area contributed by atoms with Crippen molar-refractivity contribution in [3.8, 4) is 11.5 Å². The molecule has 10 heteroatoms. The van der Waals surface area contributed by atoms with Crippen LogP contribution in [0, 0.1) is 0 Å². The lowest BCUT2D eigenvalue weighted by Gasteiger charge is -2.39. The number of amides is 1. The number of rotatable bonds is 10. The van der Waals surface area contributed by atoms with Gasteiger partial charge in [0.05, 0.1) is 30.6 Å². The van der Waals surface area contributed by atoms with E-state index < -0.39 is 35.2 Å². The zero-order valence-electron chi connectivity index (χ0n) is 26.4. The van der Waals surface area contributed by atoms with Gasteiger partial charge in [0, 0.05) is 12.6 Å². The third-order valence-corrected chi connectivity index (χ3v) is 10.4. The summed E-state index contributed by atoms with van der Waals surface area (Å²) in [5, 5.41) is 25.3. The number of hydrogen-bond donors (Lipinski definition) is 3. The van der Waals surface area contributed by atoms with Crippen LogP contribution in [0.15, 0.2) is 24.0 Å². The molecule has 0 radical (unpaired) electrons. The van der Waals surface area contributed by atoms with Crippen molar-refractivity contribution in [3.63, 3.8) is 0 Å². The Morgan fingerprint density at radius 3 is 2.55 bits per heavy atom. The number of fused-ring (bicyclic) bond motifs is 3. The van der Waals surface area contributed by atoms with Gasteiger partial charge < -0.3 is 34.5 Å². The molecule has 1 unspecified atom stereocenters. The van der Waals surface area contributed by atoms with Gasteiger partial charge in [-0.3, -0.25) is 9.69 Å². The number of hydrogen-bond acceptors (Lipinski definition) is 9. The minimum atomic E-state index is -2.06. The Balaban J connectivity index is 1.30. The van der Waals surface area contributed by atoms with Crippen LogP contribution in [0.3, 0.4) is 0 Å². The molecular formula is C34H48N2O8. The van der Waals surface area contributed by atoms with Crippen LogP contribution in [0.25, 0.3) is 0 Å². The number of ether oxygens (including phenoxy) is 4. The van der Waals surface area contributed by atoms with Gasteiger partial charge in [-0.25, -0.2) is 4.79 Å². The molecular weight excluding hydrogens is 564 g/mol. The zero-order valence-corrected chi connectivity index (χ0v) is 26.4. The molecule has 242 valence electrons. The maximum atomic E-state index is 14.2. The molecule has 3 aliphatic heterocycles. The summed E-state index contributed by atoms with van der Waals surface area (Å²) < 4.78 is 23.7. The molecule has 1 spiro atoms. The molecule has 4 atom stereocenters. The highest BCUT2D eigenvalue weighted by Crippen LogP contribution is 2.55. The number of methoxy groups -OCH3 is 1. The van der Waals surface area contributed by atoms with E-state index in [0.717, 1.165) is 81.3 Å². The summed E-state index contributed by atoms with van der Waals surface area (Å²) in [7, 11) is 1.58. The largest absolute Gasteiger partial charge is 0.497 e. The van der Waals surface area contributed by atoms with Crippen LogP contribution in [0.2, 0.25) is 0 Å². The lowest BCUT2D eigenvalue weighted by Crippen LogP contribution is -2.50. The number of benzene rings is 1. The van der Waals surface area contributed by atoms with Gasteiger partial charge in [-0.15, -0.1) is 0 Å². The van der Waals surface area contributed by atoms with Crippen LogP contribution in [-0.2, 0) is 25.5 Å². The molecule has 1 saturated carbocycles. The van der Waals surface area contributed by atoms with Crippen molar-refractivity contribution in [3.05, 3.63) is 35.1 Å². The standard InChI is InChI=1S/C34H48N2O8/c1-32(2,39)12-7-14-34(40,20-28(37)35-23-9-5-4-6-10-23)31(38)44-30-27(41-3)19-33-13-8-15-36(33)16-11-22-17-25-26(43-21-42-25)18-24(22)29(30)33/h17-19,23,29-30,39-40H,4-16,20-21H2,1-3H3,(H,35,37)/t29-,30-,33?,34-/m1/s1. The van der Waals surface area contributed by atoms with Crippen molar-refractivity contribution < 1.29 is 38.7 Å². The van der Waals surface area contributed by atoms with Crippen LogP contribution in [0.5, 0.6) is 11.5 Å². The third-order valence-electron chi connectivity index (χ3n) is 10.4. The number of esters is 1. The SMILES string of the molecule is COC1=CC23CCCN2CCc2cc4c(cc2[C@@H]3[C@@H]1OC(=O)[C@@](O)(CCCC(C)(C)O)CC(=O)NC1CCCCC1)OCO4. The van der Waals surface area contributed by atoms with E-state index in [1.165, 1.54) is 0 Å². The number of carbonyl (C=O) groups excluding carboxylic acids is 2. The van der Waals surface area contributed by atoms with E-state index in [2.05, 4.69) is 16.3 Å². The minimum absolute atomic E-state index is 0.0101. The highest BCUT2D eigenvalue weighted by molar-refractivity contribution is 5.88. The first-order valence-electron chi connectivity index (χ1n) is 16.4. The minimum Gasteiger partial charge on any atom is -0.497 e. The number of nitrogens with zero attached hydrogens (tertiary/aromatic N) is 1. The summed E-state index contributed by atoms with van der Waals surface area (Å²) in [6.45, 7) is 5.32. The molecule has 3 N–H and O–H groups in total. The lowest BCUT2D eigenvalue weighted by molar-refractivity contribution is -0.176. The number of carbonyl (C=O) groups is 2. The Hall–Kier alpha value is -2.82. The fraction of sp³-hybridized carbons (Fsp3) is 0.706. The third kappa shape index (κ3) is 6.05. The van der Waals surface area contributed by atoms with Crippen molar-refractivity contribution in [1.82, 2.24) is 10.2 Å². The second-order valence-electron chi connectivity index (χ2n) is 14.1. The van der Waals surface area contributed by atoms with Gasteiger partial charge in [0.1, 0.15) is 5.76 Å². The fourth-order valence-electron chi connectivity index (χ4n) is 8.19. The topological polar surface area (TPSA) is 127 Å². The van der Waals surface area contributed by atoms with Crippen LogP contribution in [0.4, 0.5) is 0 Å². The molecule has 1 aromatic carbocycles. The predicted molar refractivity (Wildman–Crippen MR) is 162 cm³/mol. The molecule has 5 aliphatic rings. The molecule has 2 fully saturated rings. The lowest BCUT2D eigenvalue weighted by atomic mass is 9.77. The van der Waals surface area contributed by atoms with Crippen molar-refractivity contribution >= 4 is 11.9 Å². The summed E-state index contributed by atoms with van der Waals surface area (Å²) in [4.78, 5) is 29.9. The summed E-state index contributed by atoms with van der Waals surface area (Å²) in [5.41, 5.74) is -1.29. The summed E-state index contributed by atoms with van der Waals surface area (Å²) >= 11 is 0. The van der Waals surface area contributed by atoms with Crippen molar-refractivity contribution in [2.45, 2.75) is 126 Å². The Kier molecular flexibility index (Phi) is 8.63. The molecule has 6 rings (SSSR count). The van der Waals surface area contributed by atoms with Crippen molar-refractivity contribution in [2.75, 3.05) is 27.0 Å². The van der Waals surface area contributed by atoms with Crippen LogP contribution in [-0.4, -0.2) is 82.9 Å². The first-order chi connectivity index (χ1) is 21.0. The van der Waals surface area contributed by atoms with E-state index in [-0.39, 0.29) is 31.1 Å². The van der Waals surface area contributed by atoms with Gasteiger partial charge >= 0.3 is 5.97 Å². The average Bonchev–Trinajstić information content (AvgIpc) is 3.66. The zero-order chi connectivity index (χ0) is 31.1. The highest BCUT2D eigenvalue weighted by Gasteiger charge is 2.59. The molecule has 1 amide bonds. The Bertz CT molecular complexity index is 1280. The fourth-order valence-corrected chi connectivity index (χ4v) is 8.19. The second kappa shape index (κ2) is 12.2. The van der Waals surface area contributed by atoms with Gasteiger partial charge in [-0.05, 0) is 101 Å². The van der Waals surface area contributed by atoms with Crippen LogP contribution >= 0.6 is 0 Å². The first kappa shape index (κ1) is 31.2. The summed E-state index contributed by atoms with van der Waals surface area (Å²) in [6.07, 6.45) is 9.38. The van der Waals surface area contributed by atoms with Crippen LogP contribution < -0.4 is 14.8 Å². The van der Waals surface area contributed by atoms with Gasteiger partial charge in [-0.1, -0.05) is 19.3 Å². The smallest absolute Gasteiger partial charge is 0.339 e. The summed E-state index contributed by atoms with van der Waals surface area (Å²) in [5.74, 6) is 0.451. The van der Waals surface area contributed by atoms with Crippen molar-refractivity contribution in [2.24, 2.45) is 0 Å². The Morgan fingerprint density at radius 1 is 1.07 bits per heavy atom. The van der Waals surface area contributed by atoms with E-state index in [9.17, 15) is 19.8 Å². The van der Waals surface area contributed by atoms with E-state index in [4.69, 9.17) is 18.9 Å². The molecule has 44 heavy (non-hydrogen) atoms. The van der Waals surface area contributed by atoms with Gasteiger partial charge in [0.2, 0.25) is 12.7 Å². The van der Waals surface area contributed by atoms with Gasteiger partial charge in [-0.2, -0.15) is 0 Å². The normalized spacial score (nSPS) is 27.8.